The van der Waals surface area contributed by atoms with Crippen molar-refractivity contribution >= 4 is 17.3 Å². The highest BCUT2D eigenvalue weighted by Crippen LogP contribution is 2.29. The number of nitrogens with zero attached hydrogens (tertiary/aromatic N) is 2. The van der Waals surface area contributed by atoms with Crippen molar-refractivity contribution in [2.45, 2.75) is 13.0 Å². The van der Waals surface area contributed by atoms with Crippen LogP contribution >= 0.6 is 0 Å². The summed E-state index contributed by atoms with van der Waals surface area (Å²) in [6.07, 6.45) is 0. The molecule has 0 aliphatic heterocycles. The van der Waals surface area contributed by atoms with Crippen molar-refractivity contribution in [1.29, 1.82) is 0 Å². The van der Waals surface area contributed by atoms with Crippen LogP contribution in [0.3, 0.4) is 0 Å². The Kier molecular flexibility index (Phi) is 4.82. The van der Waals surface area contributed by atoms with Gasteiger partial charge in [-0.1, -0.05) is 0 Å². The number of hydrogen-bond acceptors (Lipinski definition) is 5. The van der Waals surface area contributed by atoms with Crippen molar-refractivity contribution < 1.29 is 14.8 Å². The van der Waals surface area contributed by atoms with Gasteiger partial charge in [-0.05, 0) is 19.1 Å². The third-order valence-corrected chi connectivity index (χ3v) is 2.97. The Morgan fingerprint density at radius 3 is 2.68 bits per heavy atom. The first-order chi connectivity index (χ1) is 8.92. The molecule has 0 aliphatic carbocycles. The highest BCUT2D eigenvalue weighted by molar-refractivity contribution is 5.95. The number of carbonyl (C=O) groups is 1. The maximum absolute atomic E-state index is 11.5. The number of anilines is 1. The second-order valence-corrected chi connectivity index (χ2v) is 4.18. The van der Waals surface area contributed by atoms with Gasteiger partial charge in [0.25, 0.3) is 11.6 Å². The van der Waals surface area contributed by atoms with Gasteiger partial charge in [0.2, 0.25) is 0 Å². The van der Waals surface area contributed by atoms with E-state index in [9.17, 15) is 14.9 Å². The van der Waals surface area contributed by atoms with Crippen LogP contribution in [0, 0.1) is 10.1 Å². The molecule has 0 fully saturated rings. The average Bonchev–Trinajstić information content (AvgIpc) is 2.43. The van der Waals surface area contributed by atoms with E-state index in [1.807, 2.05) is 0 Å². The largest absolute Gasteiger partial charge is 0.394 e. The molecule has 0 bridgehead atoms. The van der Waals surface area contributed by atoms with Gasteiger partial charge in [-0.25, -0.2) is 0 Å². The Balaban J connectivity index is 3.26. The number of aliphatic hydroxyl groups is 1. The van der Waals surface area contributed by atoms with Crippen LogP contribution in [0.4, 0.5) is 11.4 Å². The number of nitrogens with one attached hydrogen (secondary N) is 1. The van der Waals surface area contributed by atoms with Gasteiger partial charge >= 0.3 is 0 Å². The number of rotatable bonds is 5. The van der Waals surface area contributed by atoms with Crippen LogP contribution in [-0.2, 0) is 0 Å². The lowest BCUT2D eigenvalue weighted by Crippen LogP contribution is -2.32. The van der Waals surface area contributed by atoms with Crippen molar-refractivity contribution in [3.8, 4) is 0 Å². The van der Waals surface area contributed by atoms with Crippen molar-refractivity contribution in [2.24, 2.45) is 0 Å². The fourth-order valence-corrected chi connectivity index (χ4v) is 1.61. The van der Waals surface area contributed by atoms with E-state index in [4.69, 9.17) is 5.11 Å². The normalized spacial score (nSPS) is 11.8. The zero-order valence-corrected chi connectivity index (χ0v) is 11.1. The van der Waals surface area contributed by atoms with E-state index in [1.54, 1.807) is 18.9 Å². The number of benzene rings is 1. The minimum absolute atomic E-state index is 0.120. The fraction of sp³-hybridized carbons (Fsp3) is 0.417. The fourth-order valence-electron chi connectivity index (χ4n) is 1.61. The van der Waals surface area contributed by atoms with Crippen molar-refractivity contribution in [1.82, 2.24) is 5.32 Å². The minimum Gasteiger partial charge on any atom is -0.394 e. The predicted octanol–water partition coefficient (Wildman–Crippen LogP) is 0.771. The Hall–Kier alpha value is -2.15. The van der Waals surface area contributed by atoms with E-state index < -0.39 is 4.92 Å². The maximum Gasteiger partial charge on any atom is 0.293 e. The summed E-state index contributed by atoms with van der Waals surface area (Å²) in [6, 6.07) is 4.00. The van der Waals surface area contributed by atoms with E-state index in [1.165, 1.54) is 25.2 Å². The van der Waals surface area contributed by atoms with E-state index in [-0.39, 0.29) is 29.8 Å². The lowest BCUT2D eigenvalue weighted by atomic mass is 10.1. The predicted molar refractivity (Wildman–Crippen MR) is 71.4 cm³/mol. The van der Waals surface area contributed by atoms with E-state index in [2.05, 4.69) is 5.32 Å². The number of aliphatic hydroxyl groups excluding tert-OH is 1. The van der Waals surface area contributed by atoms with Crippen LogP contribution in [0.2, 0.25) is 0 Å². The number of nitro benzene ring substituents is 1. The monoisotopic (exact) mass is 267 g/mol. The third kappa shape index (κ3) is 3.19. The molecule has 0 saturated heterocycles. The second kappa shape index (κ2) is 6.14. The van der Waals surface area contributed by atoms with Crippen LogP contribution in [0.5, 0.6) is 0 Å². The molecule has 0 saturated carbocycles. The third-order valence-electron chi connectivity index (χ3n) is 2.97. The molecule has 19 heavy (non-hydrogen) atoms. The Bertz CT molecular complexity index is 490. The molecule has 7 heteroatoms. The van der Waals surface area contributed by atoms with E-state index >= 15 is 0 Å². The molecule has 104 valence electrons. The molecule has 1 aromatic carbocycles. The molecule has 1 atom stereocenters. The molecule has 0 aromatic heterocycles. The van der Waals surface area contributed by atoms with Crippen LogP contribution in [-0.4, -0.2) is 42.7 Å². The van der Waals surface area contributed by atoms with Gasteiger partial charge in [0.15, 0.2) is 0 Å². The zero-order valence-electron chi connectivity index (χ0n) is 11.1. The minimum atomic E-state index is -0.539. The molecule has 0 radical (unpaired) electrons. The number of amides is 1. The number of likely N-dealkylation sites (N-methyl/N-ethyl adjacent to an activating group) is 1. The van der Waals surface area contributed by atoms with Crippen LogP contribution in [0.15, 0.2) is 18.2 Å². The molecule has 0 spiro atoms. The number of carbonyl (C=O) groups excluding carboxylic acids is 1. The Labute approximate surface area is 111 Å². The molecule has 1 unspecified atom stereocenters. The molecule has 0 aliphatic rings. The molecule has 1 rings (SSSR count). The Morgan fingerprint density at radius 1 is 1.58 bits per heavy atom. The first-order valence-electron chi connectivity index (χ1n) is 5.76. The lowest BCUT2D eigenvalue weighted by Gasteiger charge is -2.25. The van der Waals surface area contributed by atoms with Crippen molar-refractivity contribution in [2.75, 3.05) is 25.6 Å². The zero-order chi connectivity index (χ0) is 14.6. The first kappa shape index (κ1) is 14.9. The molecule has 2 N–H and O–H groups in total. The van der Waals surface area contributed by atoms with Crippen molar-refractivity contribution in [3.63, 3.8) is 0 Å². The molecule has 7 nitrogen and oxygen atoms in total. The van der Waals surface area contributed by atoms with Gasteiger partial charge in [-0.2, -0.15) is 0 Å². The number of hydrogen-bond donors (Lipinski definition) is 2. The van der Waals surface area contributed by atoms with Crippen LogP contribution in [0.25, 0.3) is 0 Å². The molecular formula is C12H17N3O4. The van der Waals surface area contributed by atoms with Gasteiger partial charge < -0.3 is 15.3 Å². The summed E-state index contributed by atoms with van der Waals surface area (Å²) < 4.78 is 0. The number of nitro groups is 1. The Morgan fingerprint density at radius 2 is 2.21 bits per heavy atom. The van der Waals surface area contributed by atoms with Gasteiger partial charge in [0.05, 0.1) is 11.5 Å². The highest BCUT2D eigenvalue weighted by atomic mass is 16.6. The lowest BCUT2D eigenvalue weighted by molar-refractivity contribution is -0.384. The standard InChI is InChI=1S/C12H17N3O4/c1-8(7-16)14(3)10-5-4-9(12(17)13-2)6-11(10)15(18)19/h4-6,8,16H,7H2,1-3H3,(H,13,17). The molecular weight excluding hydrogens is 250 g/mol. The molecule has 0 heterocycles. The summed E-state index contributed by atoms with van der Waals surface area (Å²) in [6.45, 7) is 1.63. The maximum atomic E-state index is 11.5. The quantitative estimate of drug-likeness (QED) is 0.607. The first-order valence-corrected chi connectivity index (χ1v) is 5.76. The second-order valence-electron chi connectivity index (χ2n) is 4.18. The summed E-state index contributed by atoms with van der Waals surface area (Å²) in [5.41, 5.74) is 0.422. The summed E-state index contributed by atoms with van der Waals surface area (Å²) >= 11 is 0. The van der Waals surface area contributed by atoms with Crippen LogP contribution in [0.1, 0.15) is 17.3 Å². The van der Waals surface area contributed by atoms with Crippen molar-refractivity contribution in [3.05, 3.63) is 33.9 Å². The SMILES string of the molecule is CNC(=O)c1ccc(N(C)C(C)CO)c([N+](=O)[O-])c1. The van der Waals surface area contributed by atoms with Crippen LogP contribution < -0.4 is 10.2 Å². The summed E-state index contributed by atoms with van der Waals surface area (Å²) in [4.78, 5) is 23.6. The van der Waals surface area contributed by atoms with E-state index in [0.29, 0.717) is 5.69 Å². The smallest absolute Gasteiger partial charge is 0.293 e. The van der Waals surface area contributed by atoms with Gasteiger partial charge in [0, 0.05) is 31.8 Å². The van der Waals surface area contributed by atoms with Gasteiger partial charge in [-0.3, -0.25) is 14.9 Å². The summed E-state index contributed by atoms with van der Waals surface area (Å²) in [5, 5.41) is 22.6. The summed E-state index contributed by atoms with van der Waals surface area (Å²) in [5.74, 6) is -0.382. The van der Waals surface area contributed by atoms with Gasteiger partial charge in [0.1, 0.15) is 5.69 Å². The van der Waals surface area contributed by atoms with Gasteiger partial charge in [-0.15, -0.1) is 0 Å². The van der Waals surface area contributed by atoms with E-state index in [0.717, 1.165) is 0 Å². The summed E-state index contributed by atoms with van der Waals surface area (Å²) in [7, 11) is 3.12. The molecule has 1 aromatic rings. The highest BCUT2D eigenvalue weighted by Gasteiger charge is 2.22. The average molecular weight is 267 g/mol. The topological polar surface area (TPSA) is 95.7 Å². The molecule has 1 amide bonds.